The van der Waals surface area contributed by atoms with Crippen LogP contribution in [0.5, 0.6) is 0 Å². The van der Waals surface area contributed by atoms with Crippen LogP contribution >= 0.6 is 0 Å². The van der Waals surface area contributed by atoms with Gasteiger partial charge in [-0.15, -0.1) is 0 Å². The lowest BCUT2D eigenvalue weighted by molar-refractivity contribution is -0.143. The Labute approximate surface area is 126 Å². The van der Waals surface area contributed by atoms with Gasteiger partial charge in [-0.05, 0) is 10.8 Å². The zero-order valence-electron chi connectivity index (χ0n) is 11.3. The van der Waals surface area contributed by atoms with Crippen molar-refractivity contribution in [1.82, 2.24) is 0 Å². The highest BCUT2D eigenvalue weighted by Gasteiger charge is 2.33. The lowest BCUT2D eigenvalue weighted by atomic mass is 10.1. The fourth-order valence-corrected chi connectivity index (χ4v) is 2.22. The van der Waals surface area contributed by atoms with Crippen LogP contribution in [-0.2, 0) is 19.7 Å². The van der Waals surface area contributed by atoms with E-state index in [1.54, 1.807) is 0 Å². The molecule has 0 aromatic heterocycles. The summed E-state index contributed by atoms with van der Waals surface area (Å²) < 4.78 is 28.7. The molecule has 0 amide bonds. The van der Waals surface area contributed by atoms with Gasteiger partial charge in [0.2, 0.25) is 0 Å². The Hall–Kier alpha value is -2.45. The van der Waals surface area contributed by atoms with Gasteiger partial charge in [0.25, 0.3) is 10.1 Å². The van der Waals surface area contributed by atoms with Crippen LogP contribution in [0.3, 0.4) is 0 Å². The molecule has 8 heteroatoms. The molecule has 0 fully saturated rings. The number of carboxylic acids is 2. The highest BCUT2D eigenvalue weighted by molar-refractivity contribution is 7.87. The number of rotatable bonds is 4. The third-order valence-electron chi connectivity index (χ3n) is 2.65. The predicted molar refractivity (Wildman–Crippen MR) is 79.2 cm³/mol. The van der Waals surface area contributed by atoms with Crippen LogP contribution in [0.25, 0.3) is 10.8 Å². The third kappa shape index (κ3) is 5.51. The molecule has 7 nitrogen and oxygen atoms in total. The first kappa shape index (κ1) is 17.6. The van der Waals surface area contributed by atoms with Gasteiger partial charge in [0, 0.05) is 0 Å². The molecule has 0 heterocycles. The van der Waals surface area contributed by atoms with Crippen molar-refractivity contribution in [3.05, 3.63) is 48.5 Å². The van der Waals surface area contributed by atoms with Gasteiger partial charge in [0.1, 0.15) is 0 Å². The van der Waals surface area contributed by atoms with Crippen LogP contribution < -0.4 is 0 Å². The normalized spacial score (nSPS) is 12.0. The molecular formula is C14H14O7S. The van der Waals surface area contributed by atoms with E-state index in [0.717, 1.165) is 0 Å². The molecule has 0 radical (unpaired) electrons. The summed E-state index contributed by atoms with van der Waals surface area (Å²) >= 11 is 0. The molecule has 2 rings (SSSR count). The molecule has 0 aliphatic rings. The van der Waals surface area contributed by atoms with E-state index in [1.807, 2.05) is 0 Å². The van der Waals surface area contributed by atoms with Crippen molar-refractivity contribution in [3.8, 4) is 0 Å². The summed E-state index contributed by atoms with van der Waals surface area (Å²) in [4.78, 5) is 20.0. The maximum absolute atomic E-state index is 10.2. The Bertz CT molecular complexity index is 702. The van der Waals surface area contributed by atoms with Crippen molar-refractivity contribution in [1.29, 1.82) is 0 Å². The minimum absolute atomic E-state index is 1.16. The number of fused-ring (bicyclic) bond motifs is 1. The van der Waals surface area contributed by atoms with Gasteiger partial charge in [-0.3, -0.25) is 14.1 Å². The van der Waals surface area contributed by atoms with Crippen LogP contribution in [0.2, 0.25) is 0 Å². The largest absolute Gasteiger partial charge is 0.481 e. The molecule has 0 spiro atoms. The minimum Gasteiger partial charge on any atom is -0.481 e. The molecule has 2 aromatic rings. The lowest BCUT2D eigenvalue weighted by Gasteiger charge is -2.04. The molecule has 0 bridgehead atoms. The fourth-order valence-electron chi connectivity index (χ4n) is 1.61. The lowest BCUT2D eigenvalue weighted by Crippen LogP contribution is -2.31. The molecule has 0 saturated carbocycles. The topological polar surface area (TPSA) is 129 Å². The summed E-state index contributed by atoms with van der Waals surface area (Å²) in [6, 6.07) is 16.7. The van der Waals surface area contributed by atoms with Gasteiger partial charge in [-0.2, -0.15) is 8.42 Å². The molecule has 22 heavy (non-hydrogen) atoms. The molecule has 1 atom stereocenters. The van der Waals surface area contributed by atoms with Crippen molar-refractivity contribution in [2.24, 2.45) is 0 Å². The first-order valence-corrected chi connectivity index (χ1v) is 7.57. The molecule has 0 aliphatic heterocycles. The van der Waals surface area contributed by atoms with E-state index in [9.17, 15) is 18.0 Å². The minimum atomic E-state index is -4.84. The second-order valence-corrected chi connectivity index (χ2v) is 5.89. The van der Waals surface area contributed by atoms with E-state index in [-0.39, 0.29) is 0 Å². The highest BCUT2D eigenvalue weighted by atomic mass is 32.2. The summed E-state index contributed by atoms with van der Waals surface area (Å²) in [6.07, 6.45) is -1.16. The van der Waals surface area contributed by atoms with Gasteiger partial charge >= 0.3 is 11.9 Å². The summed E-state index contributed by atoms with van der Waals surface area (Å²) in [5.41, 5.74) is 0. The standard InChI is InChI=1S/C10H8.C4H6O7S/c1-2-6-10-8-4-3-7-9(10)5-1;5-3(6)1-2(4(7)8)12(9,10)11/h1-8H;2H,1H2,(H,5,6)(H,7,8)(H,9,10,11). The molecular weight excluding hydrogens is 312 g/mol. The average molecular weight is 326 g/mol. The molecule has 1 unspecified atom stereocenters. The zero-order valence-corrected chi connectivity index (χ0v) is 12.1. The number of carboxylic acid groups (broad SMARTS) is 2. The maximum Gasteiger partial charge on any atom is 0.325 e. The third-order valence-corrected chi connectivity index (χ3v) is 3.74. The first-order chi connectivity index (χ1) is 10.2. The summed E-state index contributed by atoms with van der Waals surface area (Å²) in [5, 5.41) is 16.5. The molecule has 118 valence electrons. The van der Waals surface area contributed by atoms with E-state index >= 15 is 0 Å². The van der Waals surface area contributed by atoms with E-state index in [1.165, 1.54) is 10.8 Å². The number of hydrogen-bond acceptors (Lipinski definition) is 4. The van der Waals surface area contributed by atoms with Crippen molar-refractivity contribution in [2.45, 2.75) is 11.7 Å². The Balaban J connectivity index is 0.000000222. The Morgan fingerprint density at radius 3 is 1.45 bits per heavy atom. The maximum atomic E-state index is 10.2. The second-order valence-electron chi connectivity index (χ2n) is 4.29. The zero-order chi connectivity index (χ0) is 16.8. The molecule has 2 aromatic carbocycles. The van der Waals surface area contributed by atoms with E-state index in [2.05, 4.69) is 48.5 Å². The van der Waals surface area contributed by atoms with Crippen LogP contribution in [0.1, 0.15) is 6.42 Å². The highest BCUT2D eigenvalue weighted by Crippen LogP contribution is 2.11. The smallest absolute Gasteiger partial charge is 0.325 e. The van der Waals surface area contributed by atoms with Crippen LogP contribution in [0.15, 0.2) is 48.5 Å². The summed E-state index contributed by atoms with van der Waals surface area (Å²) in [6.45, 7) is 0. The van der Waals surface area contributed by atoms with Crippen LogP contribution in [-0.4, -0.2) is 40.4 Å². The fraction of sp³-hybridized carbons (Fsp3) is 0.143. The van der Waals surface area contributed by atoms with Crippen molar-refractivity contribution < 1.29 is 32.8 Å². The van der Waals surface area contributed by atoms with Gasteiger partial charge < -0.3 is 10.2 Å². The molecule has 0 aliphatic carbocycles. The monoisotopic (exact) mass is 326 g/mol. The summed E-state index contributed by atoms with van der Waals surface area (Å²) in [7, 11) is -4.84. The first-order valence-electron chi connectivity index (χ1n) is 6.06. The quantitative estimate of drug-likeness (QED) is 0.728. The van der Waals surface area contributed by atoms with Gasteiger partial charge in [0.15, 0.2) is 5.25 Å². The number of aliphatic carboxylic acids is 2. The van der Waals surface area contributed by atoms with E-state index in [4.69, 9.17) is 14.8 Å². The second kappa shape index (κ2) is 7.53. The number of carbonyl (C=O) groups is 2. The number of hydrogen-bond donors (Lipinski definition) is 3. The van der Waals surface area contributed by atoms with Crippen LogP contribution in [0.4, 0.5) is 0 Å². The van der Waals surface area contributed by atoms with Gasteiger partial charge in [0.05, 0.1) is 6.42 Å². The van der Waals surface area contributed by atoms with Gasteiger partial charge in [-0.1, -0.05) is 48.5 Å². The predicted octanol–water partition coefficient (Wildman–Crippen LogP) is 1.64. The van der Waals surface area contributed by atoms with Gasteiger partial charge in [-0.25, -0.2) is 0 Å². The summed E-state index contributed by atoms with van der Waals surface area (Å²) in [5.74, 6) is -3.50. The SMILES string of the molecule is O=C(O)CC(C(=O)O)S(=O)(=O)O.c1ccc2ccccc2c1. The Morgan fingerprint density at radius 1 is 0.909 bits per heavy atom. The molecule has 3 N–H and O–H groups in total. The van der Waals surface area contributed by atoms with Crippen molar-refractivity contribution >= 4 is 32.8 Å². The van der Waals surface area contributed by atoms with E-state index in [0.29, 0.717) is 0 Å². The average Bonchev–Trinajstić information content (AvgIpc) is 2.44. The molecule has 0 saturated heterocycles. The Kier molecular flexibility index (Phi) is 6.02. The van der Waals surface area contributed by atoms with Crippen molar-refractivity contribution in [2.75, 3.05) is 0 Å². The number of benzene rings is 2. The van der Waals surface area contributed by atoms with Crippen molar-refractivity contribution in [3.63, 3.8) is 0 Å². The van der Waals surface area contributed by atoms with Crippen LogP contribution in [0, 0.1) is 0 Å². The van der Waals surface area contributed by atoms with E-state index < -0.39 is 33.7 Å². The Morgan fingerprint density at radius 2 is 1.27 bits per heavy atom.